The van der Waals surface area contributed by atoms with Gasteiger partial charge in [-0.15, -0.1) is 0 Å². The fourth-order valence-corrected chi connectivity index (χ4v) is 3.22. The van der Waals surface area contributed by atoms with E-state index < -0.39 is 5.91 Å². The van der Waals surface area contributed by atoms with Crippen LogP contribution in [0.4, 0.5) is 0 Å². The summed E-state index contributed by atoms with van der Waals surface area (Å²) in [5, 5.41) is 13.9. The van der Waals surface area contributed by atoms with Gasteiger partial charge in [-0.05, 0) is 12.1 Å². The number of nitrogens with zero attached hydrogens (tertiary/aromatic N) is 3. The van der Waals surface area contributed by atoms with Gasteiger partial charge in [0.1, 0.15) is 21.9 Å². The number of rotatable bonds is 6. The molecule has 7 nitrogen and oxygen atoms in total. The zero-order valence-corrected chi connectivity index (χ0v) is 14.5. The first kappa shape index (κ1) is 17.5. The third-order valence-electron chi connectivity index (χ3n) is 3.49. The van der Waals surface area contributed by atoms with E-state index in [0.717, 1.165) is 21.6 Å². The number of aromatic nitrogens is 2. The Morgan fingerprint density at radius 1 is 1.04 bits per heavy atom. The Morgan fingerprint density at radius 2 is 1.85 bits per heavy atom. The van der Waals surface area contributed by atoms with Crippen LogP contribution in [0.1, 0.15) is 5.01 Å². The minimum atomic E-state index is -0.404. The average Bonchev–Trinajstić information content (AvgIpc) is 3.06. The molecule has 3 aromatic rings. The Kier molecular flexibility index (Phi) is 5.51. The Labute approximate surface area is 153 Å². The lowest BCUT2D eigenvalue weighted by molar-refractivity contribution is -0.125. The van der Waals surface area contributed by atoms with Crippen molar-refractivity contribution in [2.24, 2.45) is 0 Å². The topological polar surface area (TPSA) is 108 Å². The van der Waals surface area contributed by atoms with Crippen LogP contribution in [0.3, 0.4) is 0 Å². The molecule has 0 saturated carbocycles. The standard InChI is InChI=1S/C18H15N5O2S/c19-8-9-20-16(25)11-21-15(24)10-17-22-14-7-6-13(23-18(14)26-17)12-4-2-1-3-5-12/h1-7H,9-11H2,(H,20,25)(H,21,24). The molecule has 1 aromatic carbocycles. The van der Waals surface area contributed by atoms with Crippen molar-refractivity contribution in [3.05, 3.63) is 47.5 Å². The van der Waals surface area contributed by atoms with Gasteiger partial charge in [-0.1, -0.05) is 41.7 Å². The predicted molar refractivity (Wildman–Crippen MR) is 98.2 cm³/mol. The van der Waals surface area contributed by atoms with Gasteiger partial charge in [0.05, 0.1) is 24.7 Å². The monoisotopic (exact) mass is 365 g/mol. The first-order chi connectivity index (χ1) is 12.7. The summed E-state index contributed by atoms with van der Waals surface area (Å²) in [5.41, 5.74) is 2.61. The molecule has 0 spiro atoms. The summed E-state index contributed by atoms with van der Waals surface area (Å²) in [6.45, 7) is -0.246. The maximum Gasteiger partial charge on any atom is 0.240 e. The maximum atomic E-state index is 11.9. The normalized spacial score (nSPS) is 10.3. The third kappa shape index (κ3) is 4.40. The van der Waals surface area contributed by atoms with Gasteiger partial charge in [-0.3, -0.25) is 9.59 Å². The number of amides is 2. The molecule has 8 heteroatoms. The van der Waals surface area contributed by atoms with Gasteiger partial charge in [0.2, 0.25) is 11.8 Å². The number of hydrogen-bond donors (Lipinski definition) is 2. The quantitative estimate of drug-likeness (QED) is 0.646. The molecule has 130 valence electrons. The van der Waals surface area contributed by atoms with E-state index in [1.165, 1.54) is 11.3 Å². The van der Waals surface area contributed by atoms with Crippen molar-refractivity contribution >= 4 is 33.5 Å². The van der Waals surface area contributed by atoms with E-state index in [2.05, 4.69) is 20.6 Å². The van der Waals surface area contributed by atoms with Crippen molar-refractivity contribution in [2.45, 2.75) is 6.42 Å². The first-order valence-electron chi connectivity index (χ1n) is 7.88. The molecular weight excluding hydrogens is 350 g/mol. The molecule has 0 unspecified atom stereocenters. The Morgan fingerprint density at radius 3 is 2.62 bits per heavy atom. The molecule has 2 aromatic heterocycles. The Balaban J connectivity index is 1.65. The SMILES string of the molecule is N#CCNC(=O)CNC(=O)Cc1nc2ccc(-c3ccccc3)nc2s1. The zero-order valence-electron chi connectivity index (χ0n) is 13.7. The van der Waals surface area contributed by atoms with Crippen molar-refractivity contribution < 1.29 is 9.59 Å². The van der Waals surface area contributed by atoms with Crippen LogP contribution in [0.2, 0.25) is 0 Å². The number of carbonyl (C=O) groups excluding carboxylic acids is 2. The summed E-state index contributed by atoms with van der Waals surface area (Å²) in [5.74, 6) is -0.710. The Bertz CT molecular complexity index is 978. The number of fused-ring (bicyclic) bond motifs is 1. The summed E-state index contributed by atoms with van der Waals surface area (Å²) in [7, 11) is 0. The molecule has 0 radical (unpaired) electrons. The summed E-state index contributed by atoms with van der Waals surface area (Å²) in [6, 6.07) is 15.4. The molecule has 0 bridgehead atoms. The highest BCUT2D eigenvalue weighted by molar-refractivity contribution is 7.18. The van der Waals surface area contributed by atoms with Gasteiger partial charge < -0.3 is 10.6 Å². The largest absolute Gasteiger partial charge is 0.347 e. The van der Waals surface area contributed by atoms with Crippen LogP contribution >= 0.6 is 11.3 Å². The number of nitriles is 1. The van der Waals surface area contributed by atoms with E-state index in [1.54, 1.807) is 6.07 Å². The van der Waals surface area contributed by atoms with Crippen LogP contribution in [0.15, 0.2) is 42.5 Å². The lowest BCUT2D eigenvalue weighted by Crippen LogP contribution is -2.37. The lowest BCUT2D eigenvalue weighted by Gasteiger charge is -2.03. The van der Waals surface area contributed by atoms with Crippen molar-refractivity contribution in [3.8, 4) is 17.3 Å². The van der Waals surface area contributed by atoms with Crippen molar-refractivity contribution in [3.63, 3.8) is 0 Å². The van der Waals surface area contributed by atoms with Crippen molar-refractivity contribution in [1.82, 2.24) is 20.6 Å². The second-order valence-corrected chi connectivity index (χ2v) is 6.44. The number of thiazole rings is 1. The van der Waals surface area contributed by atoms with E-state index >= 15 is 0 Å². The second-order valence-electron chi connectivity index (χ2n) is 5.38. The number of hydrogen-bond acceptors (Lipinski definition) is 6. The molecule has 0 aliphatic carbocycles. The van der Waals surface area contributed by atoms with Crippen LogP contribution in [0.5, 0.6) is 0 Å². The number of pyridine rings is 1. The smallest absolute Gasteiger partial charge is 0.240 e. The van der Waals surface area contributed by atoms with Crippen molar-refractivity contribution in [2.75, 3.05) is 13.1 Å². The molecule has 0 atom stereocenters. The van der Waals surface area contributed by atoms with Crippen LogP contribution in [-0.2, 0) is 16.0 Å². The van der Waals surface area contributed by atoms with Gasteiger partial charge in [0.15, 0.2) is 0 Å². The first-order valence-corrected chi connectivity index (χ1v) is 8.69. The number of carbonyl (C=O) groups is 2. The fourth-order valence-electron chi connectivity index (χ4n) is 2.29. The molecule has 3 rings (SSSR count). The molecular formula is C18H15N5O2S. The maximum absolute atomic E-state index is 11.9. The molecule has 2 heterocycles. The van der Waals surface area contributed by atoms with Crippen LogP contribution in [-0.4, -0.2) is 34.9 Å². The molecule has 2 N–H and O–H groups in total. The molecule has 0 saturated heterocycles. The summed E-state index contributed by atoms with van der Waals surface area (Å²) in [4.78, 5) is 33.1. The van der Waals surface area contributed by atoms with Gasteiger partial charge in [0, 0.05) is 5.56 Å². The Hall–Kier alpha value is -3.31. The van der Waals surface area contributed by atoms with E-state index in [1.807, 2.05) is 42.5 Å². The van der Waals surface area contributed by atoms with Crippen LogP contribution in [0.25, 0.3) is 21.6 Å². The van der Waals surface area contributed by atoms with E-state index in [0.29, 0.717) is 5.01 Å². The summed E-state index contributed by atoms with van der Waals surface area (Å²) < 4.78 is 0. The number of nitrogens with one attached hydrogen (secondary N) is 2. The second kappa shape index (κ2) is 8.18. The molecule has 0 fully saturated rings. The lowest BCUT2D eigenvalue weighted by atomic mass is 10.1. The van der Waals surface area contributed by atoms with Crippen LogP contribution < -0.4 is 10.6 Å². The number of benzene rings is 1. The van der Waals surface area contributed by atoms with Gasteiger partial charge in [0.25, 0.3) is 0 Å². The molecule has 0 aliphatic heterocycles. The zero-order chi connectivity index (χ0) is 18.4. The summed E-state index contributed by atoms with van der Waals surface area (Å²) >= 11 is 1.36. The molecule has 2 amide bonds. The highest BCUT2D eigenvalue weighted by Gasteiger charge is 2.12. The summed E-state index contributed by atoms with van der Waals surface area (Å²) in [6.07, 6.45) is 0.0766. The van der Waals surface area contributed by atoms with Gasteiger partial charge in [-0.25, -0.2) is 9.97 Å². The molecule has 0 aliphatic rings. The average molecular weight is 365 g/mol. The minimum Gasteiger partial charge on any atom is -0.347 e. The third-order valence-corrected chi connectivity index (χ3v) is 4.46. The highest BCUT2D eigenvalue weighted by atomic mass is 32.1. The van der Waals surface area contributed by atoms with Crippen LogP contribution in [0, 0.1) is 11.3 Å². The van der Waals surface area contributed by atoms with Gasteiger partial charge in [-0.2, -0.15) is 5.26 Å². The fraction of sp³-hybridized carbons (Fsp3) is 0.167. The van der Waals surface area contributed by atoms with E-state index in [9.17, 15) is 9.59 Å². The van der Waals surface area contributed by atoms with Gasteiger partial charge >= 0.3 is 0 Å². The van der Waals surface area contributed by atoms with E-state index in [4.69, 9.17) is 5.26 Å². The van der Waals surface area contributed by atoms with E-state index in [-0.39, 0.29) is 25.4 Å². The molecule has 26 heavy (non-hydrogen) atoms. The predicted octanol–water partition coefficient (Wildman–Crippen LogP) is 1.66. The highest BCUT2D eigenvalue weighted by Crippen LogP contribution is 2.25. The minimum absolute atomic E-state index is 0.0766. The van der Waals surface area contributed by atoms with Crippen molar-refractivity contribution in [1.29, 1.82) is 5.26 Å².